The molecule has 2 aliphatic carbocycles. The lowest BCUT2D eigenvalue weighted by molar-refractivity contribution is -0.137. The molecular weight excluding hydrogens is 518 g/mol. The van der Waals surface area contributed by atoms with Crippen LogP contribution in [0.4, 0.5) is 17.6 Å². The largest absolute Gasteiger partial charge is 0.477 e. The second-order valence-corrected chi connectivity index (χ2v) is 9.51. The molecule has 3 N–H and O–H groups in total. The molecule has 1 aromatic carbocycles. The van der Waals surface area contributed by atoms with Gasteiger partial charge in [-0.2, -0.15) is 13.2 Å². The Bertz CT molecular complexity index is 1650. The van der Waals surface area contributed by atoms with Crippen molar-refractivity contribution in [2.24, 2.45) is 9.98 Å². The van der Waals surface area contributed by atoms with Gasteiger partial charge in [0.15, 0.2) is 0 Å². The fourth-order valence-corrected chi connectivity index (χ4v) is 4.93. The Labute approximate surface area is 218 Å². The highest BCUT2D eigenvalue weighted by Crippen LogP contribution is 2.38. The number of carboxylic acids is 1. The summed E-state index contributed by atoms with van der Waals surface area (Å²) in [5.41, 5.74) is 3.40. The summed E-state index contributed by atoms with van der Waals surface area (Å²) in [6, 6.07) is 4.98. The third kappa shape index (κ3) is 4.89. The zero-order valence-electron chi connectivity index (χ0n) is 20.3. The second kappa shape index (κ2) is 9.37. The summed E-state index contributed by atoms with van der Waals surface area (Å²) in [4.78, 5) is 29.8. The average molecular weight is 539 g/mol. The molecule has 1 unspecified atom stereocenters. The molecule has 39 heavy (non-hydrogen) atoms. The Hall–Kier alpha value is -4.48. The molecule has 2 aromatic heterocycles. The van der Waals surface area contributed by atoms with Crippen molar-refractivity contribution >= 4 is 40.9 Å². The molecule has 0 amide bonds. The van der Waals surface area contributed by atoms with Gasteiger partial charge >= 0.3 is 18.2 Å². The van der Waals surface area contributed by atoms with Crippen LogP contribution >= 0.6 is 0 Å². The number of rotatable bonds is 3. The Balaban J connectivity index is 1.12. The van der Waals surface area contributed by atoms with Crippen LogP contribution in [0.2, 0.25) is 0 Å². The number of carboxylic acid groups (broad SMARTS) is 1. The van der Waals surface area contributed by atoms with Gasteiger partial charge in [0.25, 0.3) is 0 Å². The van der Waals surface area contributed by atoms with Crippen LogP contribution in [0, 0.1) is 0 Å². The number of nitrogens with zero attached hydrogens (tertiary/aromatic N) is 3. The van der Waals surface area contributed by atoms with Crippen LogP contribution in [0.1, 0.15) is 52.4 Å². The van der Waals surface area contributed by atoms with Crippen molar-refractivity contribution in [2.45, 2.75) is 38.0 Å². The van der Waals surface area contributed by atoms with E-state index in [1.54, 1.807) is 24.4 Å². The molecule has 1 aliphatic heterocycles. The van der Waals surface area contributed by atoms with Gasteiger partial charge in [-0.1, -0.05) is 5.57 Å². The van der Waals surface area contributed by atoms with Gasteiger partial charge in [-0.3, -0.25) is 0 Å². The predicted molar refractivity (Wildman–Crippen MR) is 136 cm³/mol. The van der Waals surface area contributed by atoms with Gasteiger partial charge in [-0.25, -0.2) is 24.2 Å². The smallest absolute Gasteiger partial charge is 0.416 e. The third-order valence-electron chi connectivity index (χ3n) is 6.96. The van der Waals surface area contributed by atoms with E-state index in [1.807, 2.05) is 0 Å². The number of aromatic amines is 2. The number of imidazole rings is 1. The van der Waals surface area contributed by atoms with E-state index in [9.17, 15) is 18.0 Å². The maximum atomic E-state index is 15.1. The number of aliphatic imine (C=N–C) groups is 2. The number of carbonyl (C=O) groups is 1. The monoisotopic (exact) mass is 539 g/mol. The number of alkyl halides is 3. The fourth-order valence-electron chi connectivity index (χ4n) is 4.93. The van der Waals surface area contributed by atoms with Crippen LogP contribution in [-0.2, 0) is 17.3 Å². The number of benzene rings is 1. The zero-order valence-corrected chi connectivity index (χ0v) is 20.3. The topological polar surface area (TPSA) is 116 Å². The van der Waals surface area contributed by atoms with E-state index in [1.165, 1.54) is 6.07 Å². The Morgan fingerprint density at radius 2 is 2.00 bits per heavy atom. The number of hydrogen-bond acceptors (Lipinski definition) is 5. The predicted octanol–water partition coefficient (Wildman–Crippen LogP) is 5.86. The van der Waals surface area contributed by atoms with Crippen molar-refractivity contribution in [2.75, 3.05) is 6.54 Å². The number of halogens is 4. The van der Waals surface area contributed by atoms with Gasteiger partial charge in [0.1, 0.15) is 23.4 Å². The first kappa shape index (κ1) is 24.8. The van der Waals surface area contributed by atoms with Crippen molar-refractivity contribution in [3.05, 3.63) is 75.7 Å². The van der Waals surface area contributed by atoms with Crippen molar-refractivity contribution in [3.63, 3.8) is 0 Å². The Kier molecular flexibility index (Phi) is 5.96. The van der Waals surface area contributed by atoms with E-state index in [0.29, 0.717) is 30.4 Å². The van der Waals surface area contributed by atoms with E-state index in [2.05, 4.69) is 24.9 Å². The zero-order chi connectivity index (χ0) is 27.3. The van der Waals surface area contributed by atoms with Crippen LogP contribution < -0.4 is 0 Å². The molecule has 0 bridgehead atoms. The molecule has 12 heteroatoms. The van der Waals surface area contributed by atoms with Gasteiger partial charge in [0.2, 0.25) is 0 Å². The third-order valence-corrected chi connectivity index (χ3v) is 6.96. The number of hydrogen-bond donors (Lipinski definition) is 3. The summed E-state index contributed by atoms with van der Waals surface area (Å²) in [5.74, 6) is -1.19. The fraction of sp³-hybridized carbons (Fsp3) is 0.259. The molecule has 3 heterocycles. The van der Waals surface area contributed by atoms with Crippen LogP contribution in [0.3, 0.4) is 0 Å². The first-order valence-electron chi connectivity index (χ1n) is 12.2. The van der Waals surface area contributed by atoms with E-state index in [0.717, 1.165) is 34.5 Å². The van der Waals surface area contributed by atoms with E-state index in [4.69, 9.17) is 9.84 Å². The first-order valence-corrected chi connectivity index (χ1v) is 12.2. The molecule has 8 nitrogen and oxygen atoms in total. The highest BCUT2D eigenvalue weighted by Gasteiger charge is 2.31. The lowest BCUT2D eigenvalue weighted by Crippen LogP contribution is -2.22. The quantitative estimate of drug-likeness (QED) is 0.362. The molecule has 200 valence electrons. The first-order chi connectivity index (χ1) is 18.6. The number of fused-ring (bicyclic) bond motifs is 2. The average Bonchev–Trinajstić information content (AvgIpc) is 3.52. The van der Waals surface area contributed by atoms with Crippen LogP contribution in [0.25, 0.3) is 22.7 Å². The van der Waals surface area contributed by atoms with E-state index < -0.39 is 23.5 Å². The van der Waals surface area contributed by atoms with Crippen molar-refractivity contribution in [1.82, 2.24) is 15.0 Å². The second-order valence-electron chi connectivity index (χ2n) is 9.51. The minimum atomic E-state index is -4.48. The molecule has 1 atom stereocenters. The molecule has 6 rings (SSSR count). The number of aromatic nitrogens is 3. The van der Waals surface area contributed by atoms with Crippen LogP contribution in [-0.4, -0.2) is 50.9 Å². The Morgan fingerprint density at radius 3 is 2.72 bits per heavy atom. The highest BCUT2D eigenvalue weighted by molar-refractivity contribution is 5.94. The van der Waals surface area contributed by atoms with Crippen molar-refractivity contribution < 1.29 is 32.2 Å². The highest BCUT2D eigenvalue weighted by atomic mass is 19.4. The standard InChI is InChI=1S/C27H21F4N5O3/c28-19-8-13(1-4-18(19)24-35-21-5-2-16(27(29,30)31)10-22(21)36-24)15-11-32-26(33-12-15)39-17-3-6-20-14(7-17)9-23(34-20)25(37)38/h2-3,5-6,9-11,17,34H,1,4,7-8,12H2,(H,35,36)(H,37,38)/b15-13-. The van der Waals surface area contributed by atoms with Gasteiger partial charge in [0.05, 0.1) is 23.1 Å². The summed E-state index contributed by atoms with van der Waals surface area (Å²) in [6.07, 6.45) is 1.74. The molecule has 3 aromatic rings. The van der Waals surface area contributed by atoms with Gasteiger partial charge < -0.3 is 19.8 Å². The van der Waals surface area contributed by atoms with Gasteiger partial charge in [-0.15, -0.1) is 0 Å². The van der Waals surface area contributed by atoms with Crippen molar-refractivity contribution in [3.8, 4) is 0 Å². The maximum absolute atomic E-state index is 15.1. The molecule has 0 spiro atoms. The molecule has 0 fully saturated rings. The normalized spacial score (nSPS) is 21.3. The minimum absolute atomic E-state index is 0.0424. The van der Waals surface area contributed by atoms with Crippen molar-refractivity contribution in [1.29, 1.82) is 0 Å². The summed E-state index contributed by atoms with van der Waals surface area (Å²) in [7, 11) is 0. The van der Waals surface area contributed by atoms with Crippen LogP contribution in [0.15, 0.2) is 57.3 Å². The molecular formula is C27H21F4N5O3. The number of nitrogens with one attached hydrogen (secondary N) is 2. The number of aromatic carboxylic acids is 1. The SMILES string of the molecule is O=C(O)c1cc2c([nH]1)C=CC(OC1=NC/C(=C3/CCC(c4nc5ccc(C(F)(F)F)cc5[nH]4)=C(F)C3)C=N1)C2. The summed E-state index contributed by atoms with van der Waals surface area (Å²) >= 11 is 0. The lowest BCUT2D eigenvalue weighted by atomic mass is 9.90. The van der Waals surface area contributed by atoms with Crippen LogP contribution in [0.5, 0.6) is 0 Å². The number of allylic oxidation sites excluding steroid dienone is 3. The van der Waals surface area contributed by atoms with E-state index in [-0.39, 0.29) is 42.1 Å². The Morgan fingerprint density at radius 1 is 1.15 bits per heavy atom. The van der Waals surface area contributed by atoms with Gasteiger partial charge in [-0.05, 0) is 60.4 Å². The lowest BCUT2D eigenvalue weighted by Gasteiger charge is -2.21. The number of amidine groups is 1. The van der Waals surface area contributed by atoms with Gasteiger partial charge in [0, 0.05) is 30.3 Å². The minimum Gasteiger partial charge on any atom is -0.477 e. The maximum Gasteiger partial charge on any atom is 0.416 e. The van der Waals surface area contributed by atoms with E-state index >= 15 is 4.39 Å². The number of H-pyrrole nitrogens is 2. The molecule has 0 saturated heterocycles. The number of ether oxygens (including phenoxy) is 1. The summed E-state index contributed by atoms with van der Waals surface area (Å²) in [5, 5.41) is 9.15. The summed E-state index contributed by atoms with van der Waals surface area (Å²) in [6.45, 7) is 0.274. The molecule has 3 aliphatic rings. The molecule has 0 radical (unpaired) electrons. The molecule has 0 saturated carbocycles. The summed E-state index contributed by atoms with van der Waals surface area (Å²) < 4.78 is 60.1.